The number of nitro benzene ring substituents is 2. The number of amides is 4. The number of urea groups is 2. The first-order chi connectivity index (χ1) is 69.1. The third kappa shape index (κ3) is 34.0. The van der Waals surface area contributed by atoms with Crippen LogP contribution in [0.25, 0.3) is 0 Å². The number of carbonyl (C=O) groups is 8. The number of thiocarbonyl (C=S) groups is 1. The second-order valence-corrected chi connectivity index (χ2v) is 39.0. The van der Waals surface area contributed by atoms with Crippen molar-refractivity contribution in [3.63, 3.8) is 0 Å². The molecule has 34 nitrogen and oxygen atoms in total. The Labute approximate surface area is 861 Å². The maximum atomic E-state index is 12.8. The number of anilines is 3. The van der Waals surface area contributed by atoms with E-state index in [9.17, 15) is 72.0 Å². The van der Waals surface area contributed by atoms with Crippen molar-refractivity contribution in [2.75, 3.05) is 42.8 Å². The Bertz CT molecular complexity index is 6280. The topological polar surface area (TPSA) is 508 Å². The van der Waals surface area contributed by atoms with Crippen molar-refractivity contribution < 1.29 is 139 Å². The number of benzene rings is 10. The maximum Gasteiger partial charge on any atom is 1.00 e. The Morgan fingerprint density at radius 3 is 1.01 bits per heavy atom. The molecule has 10 aromatic rings. The number of carboxylic acid groups (broad SMARTS) is 1. The van der Waals surface area contributed by atoms with Crippen molar-refractivity contribution in [1.82, 2.24) is 10.6 Å². The fourth-order valence-electron chi connectivity index (χ4n) is 21.4. The van der Waals surface area contributed by atoms with Crippen molar-refractivity contribution in [3.8, 4) is 51.7 Å². The molecule has 764 valence electrons. The van der Waals surface area contributed by atoms with Crippen LogP contribution in [0.2, 0.25) is 0 Å². The molecule has 22 rings (SSSR count). The Morgan fingerprint density at radius 2 is 0.733 bits per heavy atom. The number of carboxylic acids is 1. The van der Waals surface area contributed by atoms with E-state index in [1.807, 2.05) is 42.5 Å². The quantitative estimate of drug-likeness (QED) is 0.00252. The van der Waals surface area contributed by atoms with E-state index < -0.39 is 37.6 Å². The van der Waals surface area contributed by atoms with Gasteiger partial charge in [0.25, 0.3) is 11.4 Å². The smallest absolute Gasteiger partial charge is 0.870 e. The first-order valence-corrected chi connectivity index (χ1v) is 49.5. The zero-order valence-corrected chi connectivity index (χ0v) is 82.9. The summed E-state index contributed by atoms with van der Waals surface area (Å²) in [5.74, 6) is 8.85. The number of nitrogens with two attached hydrogens (primary N) is 1. The minimum atomic E-state index is -3.52. The molecule has 12 aliphatic rings. The summed E-state index contributed by atoms with van der Waals surface area (Å²) >= 11 is 3.88. The number of isocyanates is 1. The van der Waals surface area contributed by atoms with Gasteiger partial charge < -0.3 is 85.1 Å². The minimum absolute atomic E-state index is 0. The summed E-state index contributed by atoms with van der Waals surface area (Å²) in [5.41, 5.74) is 9.37. The molecule has 10 aromatic carbocycles. The number of phenols is 1. The molecule has 0 heterocycles. The Balaban J connectivity index is 0.000000178. The molecule has 0 radical (unpaired) electrons. The van der Waals surface area contributed by atoms with Gasteiger partial charge in [0.15, 0.2) is 9.80 Å². The number of ether oxygens (including phenoxy) is 8. The molecule has 0 aliphatic heterocycles. The molecule has 1 unspecified atom stereocenters. The minimum Gasteiger partial charge on any atom is -0.870 e. The summed E-state index contributed by atoms with van der Waals surface area (Å²) in [6.45, 7) is 8.35. The first-order valence-electron chi connectivity index (χ1n) is 47.5. The number of nitro groups is 2. The number of aliphatic imine (C=N–C) groups is 1. The standard InChI is InChI=1S/C26H30N2O4.C24H26N2O4.C15H13NO5.C15H15NO3.C11H15NO.C9H9FO2.C6H5NO3.C2H2O3S2.Li.H2O/c1-2-31-24(29)20-6-8-22(9-7-20)32-23-5-3-4-21(13-23)27-25(30)28-26-14-17-10-18(15-26)12-19(11-17)16-26;27-22(28)18-4-6-20(7-5-18)30-21-3-1-2-19(11-21)25-23(29)26-24-12-15-8-16(13-24)10-17(9-15)14-24;1-2-20-15(17)11-6-8-13(9-7-11)21-14-5-3-4-12(10-14)16(18)19;1-2-18-15(17)11-6-8-13(9-7-11)19-14-5-3-4-12(16)10-14;13-7-12-11-4-8-1-9(5-11)3-10(2-8)6-11;1-2-12-9(11)7-3-5-8(10)6-4-7;8-6-3-1-2-5(4-6)7(9)10;3-1-7(4,5)2-6;;/h3-9,13,17-19H,2,10-12,14-16H2,1H3,(H2,27,28,30);1-7,11,15-17H,8-10,12-14H2,(H,27,28)(H2,25,26,29);3-10H,2H2,1H3;3-10H,2,16H2,1H3;8-10H,1-6H2;3-6H,2H2,1H3;1-4,8H;1H,(H,4,5);;1H2/q;;;;;;;;+1;/p-1. The zero-order chi connectivity index (χ0) is 103. The summed E-state index contributed by atoms with van der Waals surface area (Å²) in [5, 5.41) is 51.1. The molecule has 0 aromatic heterocycles. The van der Waals surface area contributed by atoms with Crippen LogP contribution in [-0.2, 0) is 38.3 Å². The number of hydrogen-bond acceptors (Lipinski definition) is 27. The number of nitrogen functional groups attached to an aromatic ring is 1. The summed E-state index contributed by atoms with van der Waals surface area (Å²) < 4.78 is 74.2. The van der Waals surface area contributed by atoms with Crippen LogP contribution in [-0.4, -0.2) is 135 Å². The Kier molecular flexibility index (Phi) is 41.7. The molecule has 0 saturated heterocycles. The molecule has 0 spiro atoms. The average molecular weight is 2030 g/mol. The molecular weight excluding hydrogens is 1920 g/mol. The van der Waals surface area contributed by atoms with Crippen LogP contribution in [0.1, 0.15) is 195 Å². The summed E-state index contributed by atoms with van der Waals surface area (Å²) in [6.07, 6.45) is 24.3. The van der Waals surface area contributed by atoms with Crippen molar-refractivity contribution >= 4 is 108 Å². The van der Waals surface area contributed by atoms with Crippen LogP contribution in [0.5, 0.6) is 51.7 Å². The van der Waals surface area contributed by atoms with E-state index in [4.69, 9.17) is 58.4 Å². The van der Waals surface area contributed by atoms with Crippen LogP contribution in [0.3, 0.4) is 0 Å². The van der Waals surface area contributed by atoms with Gasteiger partial charge in [-0.1, -0.05) is 30.3 Å². The number of halogens is 1. The number of aromatic carboxylic acids is 1. The third-order valence-electron chi connectivity index (χ3n) is 26.0. The van der Waals surface area contributed by atoms with E-state index in [2.05, 4.69) is 38.5 Å². The monoisotopic (exact) mass is 2030 g/mol. The predicted octanol–water partition coefficient (Wildman–Crippen LogP) is 20.0. The van der Waals surface area contributed by atoms with Crippen LogP contribution in [0, 0.1) is 79.3 Å². The molecular formula is C108H116FLiN8O26S2. The maximum absolute atomic E-state index is 12.8. The fourth-order valence-corrected chi connectivity index (χ4v) is 21.6. The van der Waals surface area contributed by atoms with Gasteiger partial charge in [-0.05, 0) is 379 Å². The summed E-state index contributed by atoms with van der Waals surface area (Å²) in [7, 11) is -3.52. The van der Waals surface area contributed by atoms with E-state index in [0.29, 0.717) is 112 Å². The van der Waals surface area contributed by atoms with Gasteiger partial charge >= 0.3 is 60.8 Å². The fraction of sp³-hybridized carbons (Fsp3) is 0.352. The van der Waals surface area contributed by atoms with E-state index in [1.165, 1.54) is 148 Å². The second kappa shape index (κ2) is 53.8. The van der Waals surface area contributed by atoms with Crippen LogP contribution in [0.4, 0.5) is 42.4 Å². The SMILES string of the molecule is CCOC(=O)c1ccc(F)cc1.CCOC(=O)c1ccc(Oc2cccc(N)c2)cc1.CCOC(=O)c1ccc(Oc2cccc(NC(=O)NC34CC5CC(CC(C5)C3)C4)c2)cc1.CCOC(=O)c1ccc(Oc2cccc([N+](=O)[O-])c2)cc1.O=C(Nc1cccc(Oc2ccc(C(=O)O)cc2)c1)NC12CC3CC(CC(C3)C1)C2.O=C=NC12CC3CC(CC(C3)C1)C2.O=CS(=O)(O)=C=S.O=[N+]([O-])c1cccc(O)c1.[Li+].[OH-]. The number of phenolic OH excluding ortho intramolecular Hbond substituents is 1. The van der Waals surface area contributed by atoms with Crippen LogP contribution in [0.15, 0.2) is 248 Å². The Hall–Kier alpha value is -14.7. The molecule has 12 aliphatic carbocycles. The van der Waals surface area contributed by atoms with Gasteiger partial charge in [-0.2, -0.15) is 4.99 Å². The number of aromatic hydroxyl groups is 1. The van der Waals surface area contributed by atoms with Gasteiger partial charge in [0.2, 0.25) is 11.7 Å². The van der Waals surface area contributed by atoms with Crippen molar-refractivity contribution in [2.24, 2.45) is 58.3 Å². The number of hydrogen-bond donors (Lipinski definition) is 8. The number of rotatable bonds is 25. The van der Waals surface area contributed by atoms with Gasteiger partial charge in [-0.3, -0.25) is 25.0 Å². The predicted molar refractivity (Wildman–Crippen MR) is 542 cm³/mol. The van der Waals surface area contributed by atoms with Gasteiger partial charge in [0, 0.05) is 62.8 Å². The number of nitrogens with zero attached hydrogens (tertiary/aromatic N) is 3. The molecule has 10 N–H and O–H groups in total. The van der Waals surface area contributed by atoms with E-state index in [0.717, 1.165) is 97.9 Å². The normalized spacial score (nSPS) is 21.5. The Morgan fingerprint density at radius 1 is 0.445 bits per heavy atom. The van der Waals surface area contributed by atoms with Crippen LogP contribution >= 0.6 is 12.2 Å². The summed E-state index contributed by atoms with van der Waals surface area (Å²) in [6, 6.07) is 63.9. The van der Waals surface area contributed by atoms with Crippen molar-refractivity contribution in [3.05, 3.63) is 297 Å². The van der Waals surface area contributed by atoms with E-state index in [-0.39, 0.29) is 99.1 Å². The molecule has 12 fully saturated rings. The number of non-ortho nitro benzene ring substituents is 2. The molecule has 38 heteroatoms. The summed E-state index contributed by atoms with van der Waals surface area (Å²) in [4.78, 5) is 126. The first kappa shape index (κ1) is 113. The molecule has 12 saturated carbocycles. The molecule has 1 atom stereocenters. The number of esters is 4. The number of carbonyl (C=O) groups excluding carboxylic acids is 8. The zero-order valence-electron chi connectivity index (χ0n) is 81.3. The van der Waals surface area contributed by atoms with E-state index in [1.54, 1.807) is 161 Å². The van der Waals surface area contributed by atoms with Gasteiger partial charge in [0.05, 0.1) is 81.8 Å². The van der Waals surface area contributed by atoms with Gasteiger partial charge in [-0.25, -0.2) is 47.0 Å². The molecule has 12 bridgehead atoms. The van der Waals surface area contributed by atoms with Crippen molar-refractivity contribution in [1.29, 1.82) is 0 Å². The molecule has 4 amide bonds. The second-order valence-electron chi connectivity index (χ2n) is 37.0. The average Bonchev–Trinajstić information content (AvgIpc) is 0.707. The molecule has 146 heavy (non-hydrogen) atoms. The van der Waals surface area contributed by atoms with E-state index >= 15 is 0 Å². The van der Waals surface area contributed by atoms with Gasteiger partial charge in [0.1, 0.15) is 57.6 Å². The van der Waals surface area contributed by atoms with Gasteiger partial charge in [-0.15, -0.1) is 0 Å². The van der Waals surface area contributed by atoms with Crippen LogP contribution < -0.4 is 64.8 Å². The largest absolute Gasteiger partial charge is 1.00 e. The number of nitrogens with one attached hydrogen (secondary N) is 4. The third-order valence-corrected chi connectivity index (χ3v) is 27.2. The van der Waals surface area contributed by atoms with Crippen molar-refractivity contribution in [2.45, 2.75) is 160 Å².